The normalized spacial score (nSPS) is 39.2. The van der Waals surface area contributed by atoms with Crippen molar-refractivity contribution >= 4 is 5.91 Å². The Morgan fingerprint density at radius 1 is 1.09 bits per heavy atom. The first-order valence-corrected chi connectivity index (χ1v) is 17.5. The van der Waals surface area contributed by atoms with Crippen LogP contribution in [0.15, 0.2) is 0 Å². The van der Waals surface area contributed by atoms with E-state index in [0.29, 0.717) is 56.3 Å². The topological polar surface area (TPSA) is 114 Å². The van der Waals surface area contributed by atoms with E-state index in [0.717, 1.165) is 71.5 Å². The number of likely N-dealkylation sites (tertiary alicyclic amines) is 1. The summed E-state index contributed by atoms with van der Waals surface area (Å²) in [4.78, 5) is 20.8. The van der Waals surface area contributed by atoms with Gasteiger partial charge < -0.3 is 29.7 Å². The molecule has 2 aliphatic carbocycles. The second kappa shape index (κ2) is 15.1. The molecule has 0 radical (unpaired) electrons. The molecule has 2 saturated carbocycles. The van der Waals surface area contributed by atoms with Crippen molar-refractivity contribution < 1.29 is 19.4 Å². The monoisotopic (exact) mass is 605 g/mol. The van der Waals surface area contributed by atoms with Crippen molar-refractivity contribution in [2.24, 2.45) is 23.7 Å². The van der Waals surface area contributed by atoms with E-state index in [9.17, 15) is 9.90 Å². The lowest BCUT2D eigenvalue weighted by molar-refractivity contribution is -0.128. The van der Waals surface area contributed by atoms with Gasteiger partial charge in [-0.25, -0.2) is 0 Å². The van der Waals surface area contributed by atoms with Crippen LogP contribution in [0, 0.1) is 23.7 Å². The molecule has 5 N–H and O–H groups in total. The lowest BCUT2D eigenvalue weighted by Crippen LogP contribution is -2.64. The van der Waals surface area contributed by atoms with E-state index in [1.54, 1.807) is 0 Å². The Morgan fingerprint density at radius 2 is 1.93 bits per heavy atom. The largest absolute Gasteiger partial charge is 0.390 e. The van der Waals surface area contributed by atoms with Crippen molar-refractivity contribution in [3.05, 3.63) is 0 Å². The molecule has 0 spiro atoms. The molecule has 8 unspecified atom stereocenters. The number of nitrogens with zero attached hydrogens (tertiary/aromatic N) is 3. The van der Waals surface area contributed by atoms with E-state index in [1.165, 1.54) is 25.7 Å². The second-order valence-corrected chi connectivity index (χ2v) is 14.6. The fraction of sp³-hybridized carbons (Fsp3) is 0.969. The number of carbonyl (C=O) groups excluding carboxylic acids is 1. The van der Waals surface area contributed by atoms with Gasteiger partial charge in [0.1, 0.15) is 0 Å². The zero-order chi connectivity index (χ0) is 29.8. The molecule has 6 fully saturated rings. The predicted molar refractivity (Wildman–Crippen MR) is 166 cm³/mol. The van der Waals surface area contributed by atoms with E-state index in [1.807, 2.05) is 0 Å². The number of β-amino-alcohol motifs (C(OH)–C–C–N with tert-alkyl or cyclic N) is 1. The van der Waals surface area contributed by atoms with Crippen molar-refractivity contribution in [2.75, 3.05) is 79.3 Å². The van der Waals surface area contributed by atoms with Crippen LogP contribution in [0.4, 0.5) is 0 Å². The van der Waals surface area contributed by atoms with Crippen LogP contribution in [0.25, 0.3) is 0 Å². The number of aliphatic hydroxyl groups excluding tert-OH is 1. The minimum absolute atomic E-state index is 0.0400. The number of piperazine rings is 1. The summed E-state index contributed by atoms with van der Waals surface area (Å²) in [5.41, 5.74) is 0. The molecule has 43 heavy (non-hydrogen) atoms. The van der Waals surface area contributed by atoms with E-state index in [-0.39, 0.29) is 30.3 Å². The third-order valence-corrected chi connectivity index (χ3v) is 11.5. The molecule has 6 rings (SSSR count). The molecule has 0 aromatic carbocycles. The van der Waals surface area contributed by atoms with Gasteiger partial charge in [0.15, 0.2) is 0 Å². The smallest absolute Gasteiger partial charge is 0.223 e. The minimum atomic E-state index is -0.545. The van der Waals surface area contributed by atoms with E-state index in [2.05, 4.69) is 49.9 Å². The molecular weight excluding hydrogens is 546 g/mol. The van der Waals surface area contributed by atoms with Crippen LogP contribution in [0.3, 0.4) is 0 Å². The number of piperidine rings is 2. The molecule has 0 bridgehead atoms. The number of ether oxygens (including phenoxy) is 2. The summed E-state index contributed by atoms with van der Waals surface area (Å²) < 4.78 is 12.0. The van der Waals surface area contributed by atoms with Gasteiger partial charge in [-0.2, -0.15) is 0 Å². The molecule has 6 aliphatic rings. The van der Waals surface area contributed by atoms with Gasteiger partial charge in [0, 0.05) is 64.3 Å². The number of hydrogen-bond acceptors (Lipinski definition) is 10. The summed E-state index contributed by atoms with van der Waals surface area (Å²) in [6.45, 7) is 11.8. The van der Waals surface area contributed by atoms with Gasteiger partial charge >= 0.3 is 0 Å². The van der Waals surface area contributed by atoms with E-state index < -0.39 is 6.10 Å². The molecule has 4 heterocycles. The minimum Gasteiger partial charge on any atom is -0.390 e. The fourth-order valence-corrected chi connectivity index (χ4v) is 8.56. The summed E-state index contributed by atoms with van der Waals surface area (Å²) in [7, 11) is 2.18. The Bertz CT molecular complexity index is 882. The Balaban J connectivity index is 0.934. The van der Waals surface area contributed by atoms with Gasteiger partial charge in [-0.3, -0.25) is 25.6 Å². The van der Waals surface area contributed by atoms with Crippen molar-refractivity contribution in [3.8, 4) is 0 Å². The Hall–Kier alpha value is -0.890. The van der Waals surface area contributed by atoms with Crippen LogP contribution >= 0.6 is 0 Å². The van der Waals surface area contributed by atoms with Crippen molar-refractivity contribution in [3.63, 3.8) is 0 Å². The Morgan fingerprint density at radius 3 is 2.67 bits per heavy atom. The van der Waals surface area contributed by atoms with Crippen molar-refractivity contribution in [2.45, 2.75) is 95.0 Å². The van der Waals surface area contributed by atoms with Gasteiger partial charge in [0.05, 0.1) is 44.0 Å². The summed E-state index contributed by atoms with van der Waals surface area (Å²) in [5, 5.41) is 25.0. The van der Waals surface area contributed by atoms with Gasteiger partial charge in [0.25, 0.3) is 0 Å². The zero-order valence-electron chi connectivity index (χ0n) is 26.7. The third-order valence-electron chi connectivity index (χ3n) is 11.5. The van der Waals surface area contributed by atoms with Gasteiger partial charge in [-0.1, -0.05) is 13.3 Å². The lowest BCUT2D eigenvalue weighted by atomic mass is 9.68. The molecule has 4 saturated heterocycles. The zero-order valence-corrected chi connectivity index (χ0v) is 26.7. The molecule has 0 aromatic heterocycles. The first-order valence-electron chi connectivity index (χ1n) is 17.5. The third kappa shape index (κ3) is 8.48. The molecule has 4 aliphatic heterocycles. The first kappa shape index (κ1) is 32.1. The van der Waals surface area contributed by atoms with Gasteiger partial charge in [0.2, 0.25) is 5.91 Å². The highest BCUT2D eigenvalue weighted by atomic mass is 16.5. The summed E-state index contributed by atoms with van der Waals surface area (Å²) in [5.74, 6) is 1.97. The van der Waals surface area contributed by atoms with Crippen molar-refractivity contribution in [1.82, 2.24) is 36.0 Å². The molecule has 11 nitrogen and oxygen atoms in total. The van der Waals surface area contributed by atoms with Crippen LogP contribution in [-0.4, -0.2) is 142 Å². The average molecular weight is 606 g/mol. The summed E-state index contributed by atoms with van der Waals surface area (Å²) in [6.07, 6.45) is 9.22. The molecule has 9 atom stereocenters. The SMILES string of the molecule is CC1C(OCC2CNCO2)CCC2CN(C[C@@H](O)CNC(=O)C3CC(NC4CCC4)NC(N4CCN(C)CC4)C3)CCC21. The Kier molecular flexibility index (Phi) is 11.3. The Labute approximate surface area is 259 Å². The first-order chi connectivity index (χ1) is 20.9. The predicted octanol–water partition coefficient (Wildman–Crippen LogP) is 0.204. The van der Waals surface area contributed by atoms with Gasteiger partial charge in [-0.05, 0) is 76.3 Å². The number of fused-ring (bicyclic) bond motifs is 1. The highest BCUT2D eigenvalue weighted by Gasteiger charge is 2.41. The molecular formula is C32H59N7O4. The maximum absolute atomic E-state index is 13.4. The van der Waals surface area contributed by atoms with Crippen LogP contribution < -0.4 is 21.3 Å². The molecule has 1 amide bonds. The average Bonchev–Trinajstić information content (AvgIpc) is 3.51. The molecule has 0 aromatic rings. The second-order valence-electron chi connectivity index (χ2n) is 14.6. The lowest BCUT2D eigenvalue weighted by Gasteiger charge is -2.47. The maximum atomic E-state index is 13.4. The number of nitrogens with one attached hydrogen (secondary N) is 4. The number of amides is 1. The van der Waals surface area contributed by atoms with Crippen LogP contribution in [0.5, 0.6) is 0 Å². The number of aliphatic hydroxyl groups is 1. The molecule has 11 heteroatoms. The summed E-state index contributed by atoms with van der Waals surface area (Å²) >= 11 is 0. The number of rotatable bonds is 11. The number of carbonyl (C=O) groups is 1. The van der Waals surface area contributed by atoms with E-state index in [4.69, 9.17) is 9.47 Å². The van der Waals surface area contributed by atoms with Crippen LogP contribution in [0.2, 0.25) is 0 Å². The quantitative estimate of drug-likeness (QED) is 0.224. The van der Waals surface area contributed by atoms with Crippen molar-refractivity contribution in [1.29, 1.82) is 0 Å². The number of hydrogen-bond donors (Lipinski definition) is 5. The fourth-order valence-electron chi connectivity index (χ4n) is 8.56. The highest BCUT2D eigenvalue weighted by Crippen LogP contribution is 2.41. The highest BCUT2D eigenvalue weighted by molar-refractivity contribution is 5.78. The maximum Gasteiger partial charge on any atom is 0.223 e. The molecule has 246 valence electrons. The standard InChI is InChI=1S/C32H59N7O4/c1-22-28-8-9-38(18-23(28)6-7-29(22)42-20-27-17-33-21-43-27)19-26(40)16-34-32(41)24-14-30(35-25-4-3-5-25)36-31(15-24)39-12-10-37(2)11-13-39/h22-31,33,35-36,40H,3-21H2,1-2H3,(H,34,41)/t22?,23?,24?,26-,27?,28?,29?,30?,31?/m0/s1. The van der Waals surface area contributed by atoms with Gasteiger partial charge in [-0.15, -0.1) is 0 Å². The number of likely N-dealkylation sites (N-methyl/N-ethyl adjacent to an activating group) is 1. The van der Waals surface area contributed by atoms with Crippen LogP contribution in [-0.2, 0) is 14.3 Å². The van der Waals surface area contributed by atoms with E-state index >= 15 is 0 Å². The van der Waals surface area contributed by atoms with Crippen LogP contribution in [0.1, 0.15) is 58.3 Å². The summed E-state index contributed by atoms with van der Waals surface area (Å²) in [6, 6.07) is 0.577.